The third kappa shape index (κ3) is 7.85. The summed E-state index contributed by atoms with van der Waals surface area (Å²) in [6, 6.07) is 29.6. The Labute approximate surface area is 288 Å². The molecule has 246 valence electrons. The minimum absolute atomic E-state index is 0.120. The van der Waals surface area contributed by atoms with Crippen LogP contribution in [0.5, 0.6) is 0 Å². The van der Waals surface area contributed by atoms with Crippen LogP contribution in [-0.2, 0) is 17.9 Å². The highest BCUT2D eigenvalue weighted by Crippen LogP contribution is 2.28. The topological polar surface area (TPSA) is 129 Å². The van der Waals surface area contributed by atoms with Crippen molar-refractivity contribution in [2.45, 2.75) is 25.9 Å². The van der Waals surface area contributed by atoms with Gasteiger partial charge in [0, 0.05) is 48.9 Å². The summed E-state index contributed by atoms with van der Waals surface area (Å²) in [6.07, 6.45) is 5.29. The molecule has 2 aliphatic rings. The highest BCUT2D eigenvalue weighted by molar-refractivity contribution is 8.18. The summed E-state index contributed by atoms with van der Waals surface area (Å²) in [6.45, 7) is 3.60. The lowest BCUT2D eigenvalue weighted by atomic mass is 9.97. The average Bonchev–Trinajstić information content (AvgIpc) is 3.46. The van der Waals surface area contributed by atoms with E-state index in [2.05, 4.69) is 49.0 Å². The van der Waals surface area contributed by atoms with Gasteiger partial charge < -0.3 is 15.5 Å². The van der Waals surface area contributed by atoms with Gasteiger partial charge in [-0.25, -0.2) is 9.97 Å². The largest absolute Gasteiger partial charge is 0.348 e. The van der Waals surface area contributed by atoms with Crippen LogP contribution in [-0.4, -0.2) is 51.6 Å². The van der Waals surface area contributed by atoms with Crippen molar-refractivity contribution in [2.24, 2.45) is 5.92 Å². The normalized spacial score (nSPS) is 15.9. The molecule has 3 N–H and O–H groups in total. The number of hydrogen-bond acceptors (Lipinski definition) is 9. The third-order valence-corrected chi connectivity index (χ3v) is 9.55. The first-order valence-electron chi connectivity index (χ1n) is 16.3. The maximum atomic E-state index is 13.0. The summed E-state index contributed by atoms with van der Waals surface area (Å²) in [7, 11) is 0. The summed E-state index contributed by atoms with van der Waals surface area (Å²) >= 11 is 0.880. The first-order valence-corrected chi connectivity index (χ1v) is 17.1. The molecule has 0 unspecified atom stereocenters. The second-order valence-electron chi connectivity index (χ2n) is 12.1. The number of rotatable bonds is 10. The van der Waals surface area contributed by atoms with Crippen molar-refractivity contribution < 1.29 is 14.4 Å². The lowest BCUT2D eigenvalue weighted by molar-refractivity contribution is -0.115. The molecule has 3 aromatic carbocycles. The number of piperidine rings is 1. The summed E-state index contributed by atoms with van der Waals surface area (Å²) in [5, 5.41) is 10.8. The van der Waals surface area contributed by atoms with E-state index < -0.39 is 5.91 Å². The van der Waals surface area contributed by atoms with Gasteiger partial charge >= 0.3 is 0 Å². The Balaban J connectivity index is 0.974. The summed E-state index contributed by atoms with van der Waals surface area (Å²) < 4.78 is 0. The molecular weight excluding hydrogens is 635 g/mol. The SMILES string of the molecule is O=C1NC(=O)C(=Cc2ccnc(N3CCC(CNCc4nc(-c5cccc(C(=O)NCc6ccccc6)c5)cc5ccccc45)CC3)n2)S1. The number of thioether (sulfide) groups is 1. The van der Waals surface area contributed by atoms with Crippen molar-refractivity contribution in [1.29, 1.82) is 0 Å². The van der Waals surface area contributed by atoms with Gasteiger partial charge in [-0.2, -0.15) is 0 Å². The van der Waals surface area contributed by atoms with Gasteiger partial charge in [-0.05, 0) is 78.4 Å². The monoisotopic (exact) mass is 669 g/mol. The lowest BCUT2D eigenvalue weighted by Crippen LogP contribution is -2.38. The highest BCUT2D eigenvalue weighted by Gasteiger charge is 2.26. The van der Waals surface area contributed by atoms with Crippen molar-refractivity contribution in [2.75, 3.05) is 24.5 Å². The number of hydrogen-bond donors (Lipinski definition) is 3. The number of carbonyl (C=O) groups excluding carboxylic acids is 3. The Bertz CT molecular complexity index is 2040. The first-order chi connectivity index (χ1) is 24.0. The van der Waals surface area contributed by atoms with Crippen LogP contribution >= 0.6 is 11.8 Å². The van der Waals surface area contributed by atoms with E-state index in [4.69, 9.17) is 4.98 Å². The zero-order chi connectivity index (χ0) is 33.6. The Kier molecular flexibility index (Phi) is 9.72. The second kappa shape index (κ2) is 14.8. The third-order valence-electron chi connectivity index (χ3n) is 8.74. The molecule has 0 spiro atoms. The fourth-order valence-corrected chi connectivity index (χ4v) is 6.80. The molecule has 0 radical (unpaired) electrons. The number of aromatic nitrogens is 3. The number of amides is 3. The molecule has 5 aromatic rings. The first kappa shape index (κ1) is 32.2. The van der Waals surface area contributed by atoms with E-state index in [0.717, 1.165) is 77.5 Å². The zero-order valence-electron chi connectivity index (χ0n) is 26.8. The maximum absolute atomic E-state index is 13.0. The van der Waals surface area contributed by atoms with Crippen molar-refractivity contribution in [3.63, 3.8) is 0 Å². The molecule has 2 aliphatic heterocycles. The molecule has 0 aliphatic carbocycles. The molecule has 3 amide bonds. The molecule has 7 rings (SSSR count). The smallest absolute Gasteiger partial charge is 0.290 e. The van der Waals surface area contributed by atoms with Crippen molar-refractivity contribution in [1.82, 2.24) is 30.9 Å². The van der Waals surface area contributed by atoms with Crippen LogP contribution in [0.4, 0.5) is 10.7 Å². The molecule has 4 heterocycles. The predicted octanol–water partition coefficient (Wildman–Crippen LogP) is 5.95. The number of fused-ring (bicyclic) bond motifs is 1. The van der Waals surface area contributed by atoms with Crippen LogP contribution < -0.4 is 20.9 Å². The van der Waals surface area contributed by atoms with Gasteiger partial charge in [0.2, 0.25) is 5.95 Å². The van der Waals surface area contributed by atoms with E-state index in [0.29, 0.717) is 41.1 Å². The van der Waals surface area contributed by atoms with Crippen molar-refractivity contribution >= 4 is 51.6 Å². The Morgan fingerprint density at radius 1 is 0.918 bits per heavy atom. The molecule has 10 nitrogen and oxygen atoms in total. The van der Waals surface area contributed by atoms with Gasteiger partial charge in [-0.15, -0.1) is 0 Å². The van der Waals surface area contributed by atoms with Gasteiger partial charge in [0.1, 0.15) is 0 Å². The predicted molar refractivity (Wildman–Crippen MR) is 193 cm³/mol. The summed E-state index contributed by atoms with van der Waals surface area (Å²) in [4.78, 5) is 53.1. The molecule has 0 atom stereocenters. The molecule has 2 fully saturated rings. The lowest BCUT2D eigenvalue weighted by Gasteiger charge is -2.32. The number of pyridine rings is 1. The van der Waals surface area contributed by atoms with E-state index in [-0.39, 0.29) is 11.1 Å². The van der Waals surface area contributed by atoms with E-state index in [9.17, 15) is 14.4 Å². The molecule has 49 heavy (non-hydrogen) atoms. The number of nitrogens with zero attached hydrogens (tertiary/aromatic N) is 4. The van der Waals surface area contributed by atoms with Crippen LogP contribution in [0, 0.1) is 5.92 Å². The molecular formula is C38H35N7O3S. The van der Waals surface area contributed by atoms with E-state index >= 15 is 0 Å². The van der Waals surface area contributed by atoms with E-state index in [1.165, 1.54) is 0 Å². The standard InChI is InChI=1S/C38H35N7O3S/c46-35(41-23-25-7-2-1-3-8-25)29-11-6-10-28(19-29)32-20-27-9-4-5-12-31(27)33(43-32)24-39-22-26-14-17-45(18-15-26)37-40-16-13-30(42-37)21-34-36(47)44-38(48)49-34/h1-13,16,19-21,26,39H,14-15,17-18,22-24H2,(H,41,46)(H,44,47,48). The van der Waals surface area contributed by atoms with Crippen molar-refractivity contribution in [3.05, 3.63) is 125 Å². The van der Waals surface area contributed by atoms with Crippen molar-refractivity contribution in [3.8, 4) is 11.3 Å². The van der Waals surface area contributed by atoms with Gasteiger partial charge in [-0.1, -0.05) is 66.7 Å². The van der Waals surface area contributed by atoms with Gasteiger partial charge in [0.25, 0.3) is 17.1 Å². The van der Waals surface area contributed by atoms with E-state index in [1.54, 1.807) is 18.3 Å². The molecule has 0 saturated carbocycles. The average molecular weight is 670 g/mol. The number of benzene rings is 3. The number of nitrogens with one attached hydrogen (secondary N) is 3. The van der Waals surface area contributed by atoms with Crippen LogP contribution in [0.3, 0.4) is 0 Å². The van der Waals surface area contributed by atoms with Gasteiger partial charge in [0.15, 0.2) is 0 Å². The minimum atomic E-state index is -0.396. The number of carbonyl (C=O) groups is 3. The Morgan fingerprint density at radius 3 is 2.55 bits per heavy atom. The Hall–Kier alpha value is -5.39. The van der Waals surface area contributed by atoms with Crippen LogP contribution in [0.1, 0.15) is 40.2 Å². The van der Waals surface area contributed by atoms with Crippen LogP contribution in [0.25, 0.3) is 28.1 Å². The zero-order valence-corrected chi connectivity index (χ0v) is 27.6. The van der Waals surface area contributed by atoms with Gasteiger partial charge in [-0.3, -0.25) is 24.7 Å². The second-order valence-corrected chi connectivity index (χ2v) is 13.1. The highest BCUT2D eigenvalue weighted by atomic mass is 32.2. The molecule has 0 bridgehead atoms. The van der Waals surface area contributed by atoms with Crippen LogP contribution in [0.2, 0.25) is 0 Å². The Morgan fingerprint density at radius 2 is 1.73 bits per heavy atom. The summed E-state index contributed by atoms with van der Waals surface area (Å²) in [5.41, 5.74) is 4.95. The minimum Gasteiger partial charge on any atom is -0.348 e. The van der Waals surface area contributed by atoms with Crippen LogP contribution in [0.15, 0.2) is 102 Å². The van der Waals surface area contributed by atoms with Gasteiger partial charge in [0.05, 0.1) is 22.0 Å². The number of anilines is 1. The molecule has 2 saturated heterocycles. The fraction of sp³-hybridized carbons (Fsp3) is 0.211. The summed E-state index contributed by atoms with van der Waals surface area (Å²) in [5.74, 6) is 0.602. The van der Waals surface area contributed by atoms with E-state index in [1.807, 2.05) is 66.7 Å². The quantitative estimate of drug-likeness (QED) is 0.155. The number of imide groups is 1. The molecule has 2 aromatic heterocycles. The fourth-order valence-electron chi connectivity index (χ4n) is 6.14. The maximum Gasteiger partial charge on any atom is 0.290 e. The molecule has 11 heteroatoms.